The lowest BCUT2D eigenvalue weighted by molar-refractivity contribution is -0.139. The molecule has 106 valence electrons. The summed E-state index contributed by atoms with van der Waals surface area (Å²) in [5.74, 6) is 0.0549. The van der Waals surface area contributed by atoms with Crippen LogP contribution in [0.25, 0.3) is 0 Å². The van der Waals surface area contributed by atoms with Gasteiger partial charge in [0.15, 0.2) is 5.60 Å². The molecule has 0 aliphatic rings. The Balaban J connectivity index is 2.68. The van der Waals surface area contributed by atoms with Crippen LogP contribution in [0.3, 0.4) is 0 Å². The second kappa shape index (κ2) is 7.53. The molecule has 2 unspecified atom stereocenters. The number of thioether (sulfide) groups is 1. The average Bonchev–Trinajstić information content (AvgIpc) is 2.42. The lowest BCUT2D eigenvalue weighted by atomic mass is 9.86. The van der Waals surface area contributed by atoms with E-state index in [0.29, 0.717) is 12.8 Å². The third kappa shape index (κ3) is 4.53. The normalized spacial score (nSPS) is 15.7. The number of carbonyl (C=O) groups excluding carboxylic acids is 1. The van der Waals surface area contributed by atoms with Crippen LogP contribution in [0.1, 0.15) is 18.4 Å². The molecular formula is C14H22N2O2S. The van der Waals surface area contributed by atoms with E-state index in [1.165, 1.54) is 0 Å². The van der Waals surface area contributed by atoms with Crippen LogP contribution in [-0.4, -0.2) is 34.7 Å². The Kier molecular flexibility index (Phi) is 6.34. The quantitative estimate of drug-likeness (QED) is 0.661. The van der Waals surface area contributed by atoms with Gasteiger partial charge in [-0.05, 0) is 36.8 Å². The van der Waals surface area contributed by atoms with Crippen molar-refractivity contribution in [2.24, 2.45) is 11.5 Å². The molecule has 2 atom stereocenters. The van der Waals surface area contributed by atoms with Gasteiger partial charge in [0.1, 0.15) is 0 Å². The van der Waals surface area contributed by atoms with Gasteiger partial charge in [0, 0.05) is 6.04 Å². The number of aliphatic hydroxyl groups is 1. The fraction of sp³-hybridized carbons (Fsp3) is 0.500. The molecule has 0 saturated carbocycles. The van der Waals surface area contributed by atoms with Crippen molar-refractivity contribution in [1.29, 1.82) is 0 Å². The van der Waals surface area contributed by atoms with Crippen LogP contribution < -0.4 is 11.5 Å². The second-order valence-electron chi connectivity index (χ2n) is 4.66. The van der Waals surface area contributed by atoms with Crippen molar-refractivity contribution in [1.82, 2.24) is 0 Å². The molecule has 1 aromatic carbocycles. The van der Waals surface area contributed by atoms with Gasteiger partial charge in [-0.15, -0.1) is 0 Å². The first-order chi connectivity index (χ1) is 9.00. The predicted octanol–water partition coefficient (Wildman–Crippen LogP) is 0.916. The third-order valence-electron chi connectivity index (χ3n) is 3.31. The highest BCUT2D eigenvalue weighted by Crippen LogP contribution is 2.20. The molecule has 0 bridgehead atoms. The number of amides is 1. The number of primary amides is 1. The Hall–Kier alpha value is -1.04. The van der Waals surface area contributed by atoms with Crippen LogP contribution in [0.4, 0.5) is 0 Å². The average molecular weight is 282 g/mol. The lowest BCUT2D eigenvalue weighted by Crippen LogP contribution is -2.57. The molecule has 0 radical (unpaired) electrons. The maximum atomic E-state index is 11.5. The largest absolute Gasteiger partial charge is 0.378 e. The van der Waals surface area contributed by atoms with Crippen molar-refractivity contribution in [3.8, 4) is 0 Å². The zero-order valence-corrected chi connectivity index (χ0v) is 12.0. The number of carbonyl (C=O) groups is 1. The molecule has 19 heavy (non-hydrogen) atoms. The van der Waals surface area contributed by atoms with E-state index in [-0.39, 0.29) is 6.42 Å². The number of rotatable bonds is 8. The molecule has 1 aromatic rings. The number of hydrogen-bond donors (Lipinski definition) is 3. The number of aryl methyl sites for hydroxylation is 1. The topological polar surface area (TPSA) is 89.3 Å². The fourth-order valence-electron chi connectivity index (χ4n) is 1.95. The molecule has 0 aliphatic carbocycles. The van der Waals surface area contributed by atoms with Gasteiger partial charge in [0.05, 0.1) is 0 Å². The van der Waals surface area contributed by atoms with E-state index in [1.807, 2.05) is 36.6 Å². The van der Waals surface area contributed by atoms with Gasteiger partial charge >= 0.3 is 0 Å². The minimum absolute atomic E-state index is 0.252. The van der Waals surface area contributed by atoms with Gasteiger partial charge in [-0.2, -0.15) is 11.8 Å². The monoisotopic (exact) mass is 282 g/mol. The standard InChI is InChI=1S/C14H22N2O2S/c1-19-10-8-12(15)14(18,13(16)17)9-7-11-5-3-2-4-6-11/h2-6,12,18H,7-10,15H2,1H3,(H2,16,17). The summed E-state index contributed by atoms with van der Waals surface area (Å²) in [5.41, 5.74) is 10.7. The van der Waals surface area contributed by atoms with E-state index in [0.717, 1.165) is 11.3 Å². The van der Waals surface area contributed by atoms with Gasteiger partial charge in [-0.25, -0.2) is 0 Å². The highest BCUT2D eigenvalue weighted by atomic mass is 32.2. The van der Waals surface area contributed by atoms with E-state index in [2.05, 4.69) is 0 Å². The smallest absolute Gasteiger partial charge is 0.251 e. The van der Waals surface area contributed by atoms with E-state index in [1.54, 1.807) is 11.8 Å². The second-order valence-corrected chi connectivity index (χ2v) is 5.65. The zero-order valence-electron chi connectivity index (χ0n) is 11.2. The van der Waals surface area contributed by atoms with Crippen molar-refractivity contribution in [3.63, 3.8) is 0 Å². The maximum Gasteiger partial charge on any atom is 0.251 e. The summed E-state index contributed by atoms with van der Waals surface area (Å²) in [6.07, 6.45) is 3.35. The highest BCUT2D eigenvalue weighted by Gasteiger charge is 2.39. The molecular weight excluding hydrogens is 260 g/mol. The summed E-state index contributed by atoms with van der Waals surface area (Å²) in [6.45, 7) is 0. The minimum atomic E-state index is -1.63. The summed E-state index contributed by atoms with van der Waals surface area (Å²) in [7, 11) is 0. The number of benzene rings is 1. The van der Waals surface area contributed by atoms with Gasteiger partial charge in [0.2, 0.25) is 0 Å². The predicted molar refractivity (Wildman–Crippen MR) is 79.9 cm³/mol. The molecule has 0 fully saturated rings. The first-order valence-corrected chi connectivity index (χ1v) is 7.71. The summed E-state index contributed by atoms with van der Waals surface area (Å²) < 4.78 is 0. The Morgan fingerprint density at radius 1 is 1.42 bits per heavy atom. The SMILES string of the molecule is CSCCC(N)C(O)(CCc1ccccc1)C(N)=O. The number of hydrogen-bond acceptors (Lipinski definition) is 4. The summed E-state index contributed by atoms with van der Waals surface area (Å²) in [5, 5.41) is 10.4. The van der Waals surface area contributed by atoms with Gasteiger partial charge in [0.25, 0.3) is 5.91 Å². The first-order valence-electron chi connectivity index (χ1n) is 6.31. The molecule has 0 saturated heterocycles. The molecule has 0 spiro atoms. The molecule has 4 nitrogen and oxygen atoms in total. The molecule has 5 heteroatoms. The summed E-state index contributed by atoms with van der Waals surface area (Å²) >= 11 is 1.63. The van der Waals surface area contributed by atoms with Crippen LogP contribution in [0.5, 0.6) is 0 Å². The van der Waals surface area contributed by atoms with Crippen LogP contribution in [0.15, 0.2) is 30.3 Å². The Morgan fingerprint density at radius 2 is 2.05 bits per heavy atom. The Morgan fingerprint density at radius 3 is 2.58 bits per heavy atom. The van der Waals surface area contributed by atoms with Crippen LogP contribution in [0.2, 0.25) is 0 Å². The van der Waals surface area contributed by atoms with Crippen molar-refractivity contribution >= 4 is 17.7 Å². The van der Waals surface area contributed by atoms with Gasteiger partial charge in [-0.3, -0.25) is 4.79 Å². The van der Waals surface area contributed by atoms with Crippen LogP contribution >= 0.6 is 11.8 Å². The summed E-state index contributed by atoms with van der Waals surface area (Å²) in [6, 6.07) is 9.05. The van der Waals surface area contributed by atoms with Crippen molar-refractivity contribution in [2.45, 2.75) is 30.9 Å². The third-order valence-corrected chi connectivity index (χ3v) is 3.95. The maximum absolute atomic E-state index is 11.5. The molecule has 5 N–H and O–H groups in total. The molecule has 0 aromatic heterocycles. The van der Waals surface area contributed by atoms with E-state index < -0.39 is 17.6 Å². The van der Waals surface area contributed by atoms with Crippen molar-refractivity contribution in [2.75, 3.05) is 12.0 Å². The van der Waals surface area contributed by atoms with E-state index in [4.69, 9.17) is 11.5 Å². The highest BCUT2D eigenvalue weighted by molar-refractivity contribution is 7.98. The Bertz CT molecular complexity index is 400. The van der Waals surface area contributed by atoms with Crippen LogP contribution in [0, 0.1) is 0 Å². The van der Waals surface area contributed by atoms with E-state index >= 15 is 0 Å². The fourth-order valence-corrected chi connectivity index (χ4v) is 2.44. The van der Waals surface area contributed by atoms with Gasteiger partial charge < -0.3 is 16.6 Å². The molecule has 0 heterocycles. The zero-order chi connectivity index (χ0) is 14.3. The summed E-state index contributed by atoms with van der Waals surface area (Å²) in [4.78, 5) is 11.5. The lowest BCUT2D eigenvalue weighted by Gasteiger charge is -2.31. The first kappa shape index (κ1) is 16.0. The van der Waals surface area contributed by atoms with Crippen molar-refractivity contribution in [3.05, 3.63) is 35.9 Å². The molecule has 1 amide bonds. The van der Waals surface area contributed by atoms with Crippen LogP contribution in [-0.2, 0) is 11.2 Å². The Labute approximate surface area is 118 Å². The number of nitrogens with two attached hydrogens (primary N) is 2. The van der Waals surface area contributed by atoms with E-state index in [9.17, 15) is 9.90 Å². The minimum Gasteiger partial charge on any atom is -0.378 e. The molecule has 1 rings (SSSR count). The molecule has 0 aliphatic heterocycles. The van der Waals surface area contributed by atoms with Gasteiger partial charge in [-0.1, -0.05) is 30.3 Å². The van der Waals surface area contributed by atoms with Crippen molar-refractivity contribution < 1.29 is 9.90 Å².